The Hall–Kier alpha value is -1.36. The maximum atomic E-state index is 11.8. The lowest BCUT2D eigenvalue weighted by atomic mass is 10.2. The minimum atomic E-state index is -0.287. The Labute approximate surface area is 108 Å². The van der Waals surface area contributed by atoms with Crippen LogP contribution in [0.5, 0.6) is 0 Å². The number of aryl methyl sites for hydroxylation is 1. The fraction of sp³-hybridized carbons (Fsp3) is 0.692. The fourth-order valence-electron chi connectivity index (χ4n) is 2.23. The van der Waals surface area contributed by atoms with E-state index < -0.39 is 0 Å². The van der Waals surface area contributed by atoms with Gasteiger partial charge in [-0.3, -0.25) is 4.68 Å². The van der Waals surface area contributed by atoms with Gasteiger partial charge >= 0.3 is 5.97 Å². The number of hydrogen-bond donors (Lipinski definition) is 1. The molecule has 2 rings (SSSR count). The molecule has 0 spiro atoms. The number of carbonyl (C=O) groups excluding carboxylic acids is 1. The summed E-state index contributed by atoms with van der Waals surface area (Å²) in [6, 6.07) is 0.597. The Kier molecular flexibility index (Phi) is 4.01. The van der Waals surface area contributed by atoms with Crippen LogP contribution in [-0.4, -0.2) is 28.4 Å². The number of ether oxygens (including phenoxy) is 1. The van der Waals surface area contributed by atoms with E-state index in [1.807, 2.05) is 14.0 Å². The summed E-state index contributed by atoms with van der Waals surface area (Å²) in [6.45, 7) is 5.08. The zero-order valence-corrected chi connectivity index (χ0v) is 11.3. The molecule has 0 radical (unpaired) electrons. The Morgan fingerprint density at radius 1 is 1.61 bits per heavy atom. The fourth-order valence-corrected chi connectivity index (χ4v) is 2.23. The molecule has 0 saturated heterocycles. The van der Waals surface area contributed by atoms with Crippen molar-refractivity contribution in [2.24, 2.45) is 13.0 Å². The molecular formula is C13H21N3O2. The highest BCUT2D eigenvalue weighted by atomic mass is 16.5. The summed E-state index contributed by atoms with van der Waals surface area (Å²) in [6.07, 6.45) is 4.04. The largest absolute Gasteiger partial charge is 0.462 e. The zero-order chi connectivity index (χ0) is 13.1. The maximum Gasteiger partial charge on any atom is 0.341 e. The van der Waals surface area contributed by atoms with E-state index in [9.17, 15) is 4.79 Å². The van der Waals surface area contributed by atoms with Crippen LogP contribution in [0.25, 0.3) is 0 Å². The molecular weight excluding hydrogens is 230 g/mol. The number of rotatable bonds is 6. The van der Waals surface area contributed by atoms with E-state index in [1.165, 1.54) is 12.8 Å². The SMILES string of the molecule is CCOC(=O)c1cnn(C)c1CNC1CC1CC. The maximum absolute atomic E-state index is 11.8. The molecule has 5 heteroatoms. The standard InChI is InChI=1S/C13H21N3O2/c1-4-9-6-11(9)14-8-12-10(7-15-16(12)3)13(17)18-5-2/h7,9,11,14H,4-6,8H2,1-3H3. The van der Waals surface area contributed by atoms with Gasteiger partial charge in [-0.1, -0.05) is 13.3 Å². The van der Waals surface area contributed by atoms with Crippen LogP contribution in [0.15, 0.2) is 6.20 Å². The second kappa shape index (κ2) is 5.52. The normalized spacial score (nSPS) is 21.9. The van der Waals surface area contributed by atoms with Gasteiger partial charge in [0.15, 0.2) is 0 Å². The quantitative estimate of drug-likeness (QED) is 0.778. The average Bonchev–Trinajstić information content (AvgIpc) is 3.02. The smallest absolute Gasteiger partial charge is 0.341 e. The van der Waals surface area contributed by atoms with Gasteiger partial charge in [-0.25, -0.2) is 4.79 Å². The van der Waals surface area contributed by atoms with Crippen molar-refractivity contribution in [3.63, 3.8) is 0 Å². The van der Waals surface area contributed by atoms with Crippen molar-refractivity contribution in [3.8, 4) is 0 Å². The van der Waals surface area contributed by atoms with Gasteiger partial charge in [0.25, 0.3) is 0 Å². The zero-order valence-electron chi connectivity index (χ0n) is 11.3. The summed E-state index contributed by atoms with van der Waals surface area (Å²) >= 11 is 0. The van der Waals surface area contributed by atoms with Crippen molar-refractivity contribution >= 4 is 5.97 Å². The topological polar surface area (TPSA) is 56.1 Å². The lowest BCUT2D eigenvalue weighted by Gasteiger charge is -2.07. The van der Waals surface area contributed by atoms with Crippen LogP contribution in [-0.2, 0) is 18.3 Å². The van der Waals surface area contributed by atoms with Gasteiger partial charge in [0.1, 0.15) is 5.56 Å². The summed E-state index contributed by atoms with van der Waals surface area (Å²) in [5.74, 6) is 0.509. The lowest BCUT2D eigenvalue weighted by molar-refractivity contribution is 0.0524. The Morgan fingerprint density at radius 3 is 3.00 bits per heavy atom. The second-order valence-electron chi connectivity index (χ2n) is 4.74. The molecule has 1 N–H and O–H groups in total. The van der Waals surface area contributed by atoms with Crippen LogP contribution in [0.1, 0.15) is 42.7 Å². The second-order valence-corrected chi connectivity index (χ2v) is 4.74. The molecule has 1 heterocycles. The molecule has 0 aliphatic heterocycles. The van der Waals surface area contributed by atoms with Crippen molar-refractivity contribution in [3.05, 3.63) is 17.5 Å². The number of hydrogen-bond acceptors (Lipinski definition) is 4. The van der Waals surface area contributed by atoms with Crippen molar-refractivity contribution in [2.75, 3.05) is 6.61 Å². The van der Waals surface area contributed by atoms with Crippen LogP contribution >= 0.6 is 0 Å². The lowest BCUT2D eigenvalue weighted by Crippen LogP contribution is -2.21. The molecule has 1 saturated carbocycles. The summed E-state index contributed by atoms with van der Waals surface area (Å²) in [7, 11) is 1.85. The monoisotopic (exact) mass is 251 g/mol. The first-order chi connectivity index (χ1) is 8.67. The first-order valence-corrected chi connectivity index (χ1v) is 6.58. The highest BCUT2D eigenvalue weighted by Crippen LogP contribution is 2.33. The van der Waals surface area contributed by atoms with Crippen LogP contribution in [0.2, 0.25) is 0 Å². The van der Waals surface area contributed by atoms with Gasteiger partial charge in [0.05, 0.1) is 18.5 Å². The summed E-state index contributed by atoms with van der Waals surface area (Å²) < 4.78 is 6.77. The molecule has 18 heavy (non-hydrogen) atoms. The van der Waals surface area contributed by atoms with E-state index in [-0.39, 0.29) is 5.97 Å². The van der Waals surface area contributed by atoms with Crippen molar-refractivity contribution < 1.29 is 9.53 Å². The van der Waals surface area contributed by atoms with Crippen molar-refractivity contribution in [1.29, 1.82) is 0 Å². The van der Waals surface area contributed by atoms with Gasteiger partial charge in [-0.05, 0) is 19.3 Å². The molecule has 1 aliphatic rings. The van der Waals surface area contributed by atoms with Crippen LogP contribution < -0.4 is 5.32 Å². The third-order valence-electron chi connectivity index (χ3n) is 3.54. The van der Waals surface area contributed by atoms with E-state index in [1.54, 1.807) is 10.9 Å². The molecule has 0 amide bonds. The molecule has 1 fully saturated rings. The number of aromatic nitrogens is 2. The van der Waals surface area contributed by atoms with E-state index in [4.69, 9.17) is 4.74 Å². The van der Waals surface area contributed by atoms with Gasteiger partial charge in [-0.15, -0.1) is 0 Å². The van der Waals surface area contributed by atoms with Gasteiger partial charge in [0, 0.05) is 19.6 Å². The predicted molar refractivity (Wildman–Crippen MR) is 68.2 cm³/mol. The Morgan fingerprint density at radius 2 is 2.39 bits per heavy atom. The van der Waals surface area contributed by atoms with E-state index in [0.29, 0.717) is 24.8 Å². The molecule has 100 valence electrons. The van der Waals surface area contributed by atoms with Gasteiger partial charge in [-0.2, -0.15) is 5.10 Å². The highest BCUT2D eigenvalue weighted by molar-refractivity contribution is 5.90. The molecule has 2 atom stereocenters. The molecule has 0 bridgehead atoms. The molecule has 1 aromatic rings. The first-order valence-electron chi connectivity index (χ1n) is 6.58. The van der Waals surface area contributed by atoms with Crippen LogP contribution in [0, 0.1) is 5.92 Å². The summed E-state index contributed by atoms with van der Waals surface area (Å²) in [4.78, 5) is 11.8. The first kappa shape index (κ1) is 13.1. The number of esters is 1. The summed E-state index contributed by atoms with van der Waals surface area (Å²) in [5, 5.41) is 7.60. The van der Waals surface area contributed by atoms with Crippen molar-refractivity contribution in [2.45, 2.75) is 39.3 Å². The van der Waals surface area contributed by atoms with Crippen LogP contribution in [0.4, 0.5) is 0 Å². The van der Waals surface area contributed by atoms with Gasteiger partial charge < -0.3 is 10.1 Å². The minimum absolute atomic E-state index is 0.287. The van der Waals surface area contributed by atoms with Crippen LogP contribution in [0.3, 0.4) is 0 Å². The number of carbonyl (C=O) groups is 1. The molecule has 0 aromatic carbocycles. The Bertz CT molecular complexity index is 428. The molecule has 1 aliphatic carbocycles. The molecule has 5 nitrogen and oxygen atoms in total. The third kappa shape index (κ3) is 2.72. The average molecular weight is 251 g/mol. The van der Waals surface area contributed by atoms with E-state index in [2.05, 4.69) is 17.3 Å². The number of nitrogens with one attached hydrogen (secondary N) is 1. The van der Waals surface area contributed by atoms with E-state index >= 15 is 0 Å². The summed E-state index contributed by atoms with van der Waals surface area (Å²) in [5.41, 5.74) is 1.47. The molecule has 2 unspecified atom stereocenters. The van der Waals surface area contributed by atoms with Gasteiger partial charge in [0.2, 0.25) is 0 Å². The molecule has 1 aromatic heterocycles. The van der Waals surface area contributed by atoms with E-state index in [0.717, 1.165) is 11.6 Å². The number of nitrogens with zero attached hydrogens (tertiary/aromatic N) is 2. The predicted octanol–water partition coefficient (Wildman–Crippen LogP) is 1.48. The Balaban J connectivity index is 1.98. The van der Waals surface area contributed by atoms with Crippen molar-refractivity contribution in [1.82, 2.24) is 15.1 Å². The third-order valence-corrected chi connectivity index (χ3v) is 3.54. The highest BCUT2D eigenvalue weighted by Gasteiger charge is 2.35. The minimum Gasteiger partial charge on any atom is -0.462 e.